The molecule has 0 spiro atoms. The van der Waals surface area contributed by atoms with E-state index in [1.54, 1.807) is 0 Å². The average Bonchev–Trinajstić information content (AvgIpc) is 2.41. The number of carbonyl (C=O) groups is 1. The van der Waals surface area contributed by atoms with Crippen molar-refractivity contribution >= 4 is 5.91 Å². The van der Waals surface area contributed by atoms with Crippen LogP contribution in [0.3, 0.4) is 0 Å². The molecule has 1 amide bonds. The van der Waals surface area contributed by atoms with E-state index in [2.05, 4.69) is 24.1 Å². The number of hydrogen-bond acceptors (Lipinski definition) is 2. The lowest BCUT2D eigenvalue weighted by atomic mass is 10.0. The lowest BCUT2D eigenvalue weighted by Gasteiger charge is -2.14. The van der Waals surface area contributed by atoms with E-state index in [0.717, 1.165) is 24.0 Å². The van der Waals surface area contributed by atoms with Crippen molar-refractivity contribution < 1.29 is 9.90 Å². The molecular weight excluding hydrogens is 250 g/mol. The maximum absolute atomic E-state index is 12.2. The number of rotatable bonds is 5. The molecule has 108 valence electrons. The van der Waals surface area contributed by atoms with Gasteiger partial charge in [-0.3, -0.25) is 4.79 Å². The zero-order valence-corrected chi connectivity index (χ0v) is 12.5. The van der Waals surface area contributed by atoms with Crippen molar-refractivity contribution in [3.05, 3.63) is 34.9 Å². The molecule has 0 saturated heterocycles. The first-order chi connectivity index (χ1) is 9.60. The molecule has 1 atom stereocenters. The first-order valence-electron chi connectivity index (χ1n) is 7.10. The van der Waals surface area contributed by atoms with E-state index in [0.29, 0.717) is 12.0 Å². The molecule has 1 rings (SSSR count). The molecule has 0 radical (unpaired) electrons. The largest absolute Gasteiger partial charge is 0.395 e. The Morgan fingerprint density at radius 2 is 2.20 bits per heavy atom. The van der Waals surface area contributed by atoms with Gasteiger partial charge < -0.3 is 10.4 Å². The van der Waals surface area contributed by atoms with Gasteiger partial charge in [-0.05, 0) is 38.0 Å². The number of amides is 1. The van der Waals surface area contributed by atoms with E-state index < -0.39 is 0 Å². The molecule has 0 aliphatic heterocycles. The predicted octanol–water partition coefficient (Wildman–Crippen LogP) is 2.65. The van der Waals surface area contributed by atoms with E-state index >= 15 is 0 Å². The SMILES string of the molecule is CCCC(C)NC(=O)c1cccc(C#CCCO)c1C. The normalized spacial score (nSPS) is 11.4. The Bertz CT molecular complexity index is 511. The number of aliphatic hydroxyl groups is 1. The average molecular weight is 273 g/mol. The summed E-state index contributed by atoms with van der Waals surface area (Å²) in [4.78, 5) is 12.2. The van der Waals surface area contributed by atoms with Gasteiger partial charge in [0.25, 0.3) is 5.91 Å². The van der Waals surface area contributed by atoms with Crippen LogP contribution in [0.25, 0.3) is 0 Å². The summed E-state index contributed by atoms with van der Waals surface area (Å²) in [6, 6.07) is 5.73. The van der Waals surface area contributed by atoms with Gasteiger partial charge in [0.1, 0.15) is 0 Å². The molecule has 0 saturated carbocycles. The maximum Gasteiger partial charge on any atom is 0.251 e. The molecule has 2 N–H and O–H groups in total. The third-order valence-electron chi connectivity index (χ3n) is 3.14. The Morgan fingerprint density at radius 3 is 2.85 bits per heavy atom. The van der Waals surface area contributed by atoms with Crippen molar-refractivity contribution in [1.82, 2.24) is 5.32 Å². The summed E-state index contributed by atoms with van der Waals surface area (Å²) < 4.78 is 0. The fraction of sp³-hybridized carbons (Fsp3) is 0.471. The fourth-order valence-electron chi connectivity index (χ4n) is 2.04. The summed E-state index contributed by atoms with van der Waals surface area (Å²) in [5.41, 5.74) is 2.40. The molecule has 0 fully saturated rings. The first kappa shape index (κ1) is 16.3. The highest BCUT2D eigenvalue weighted by molar-refractivity contribution is 5.96. The third kappa shape index (κ3) is 4.71. The second-order valence-corrected chi connectivity index (χ2v) is 4.92. The number of aliphatic hydroxyl groups excluding tert-OH is 1. The molecule has 0 aliphatic rings. The number of nitrogens with one attached hydrogen (secondary N) is 1. The summed E-state index contributed by atoms with van der Waals surface area (Å²) in [5.74, 6) is 5.84. The third-order valence-corrected chi connectivity index (χ3v) is 3.14. The van der Waals surface area contributed by atoms with Crippen LogP contribution in [-0.4, -0.2) is 23.7 Å². The Kier molecular flexibility index (Phi) is 6.83. The molecular formula is C17H23NO2. The summed E-state index contributed by atoms with van der Waals surface area (Å²) in [6.07, 6.45) is 2.47. The zero-order chi connectivity index (χ0) is 15.0. The Labute approximate surface area is 121 Å². The van der Waals surface area contributed by atoms with Crippen LogP contribution in [0.1, 0.15) is 54.6 Å². The van der Waals surface area contributed by atoms with E-state index in [-0.39, 0.29) is 18.6 Å². The molecule has 3 heteroatoms. The molecule has 1 aromatic rings. The van der Waals surface area contributed by atoms with Crippen molar-refractivity contribution in [3.8, 4) is 11.8 Å². The number of benzene rings is 1. The second-order valence-electron chi connectivity index (χ2n) is 4.92. The Morgan fingerprint density at radius 1 is 1.45 bits per heavy atom. The molecule has 0 aliphatic carbocycles. The Hall–Kier alpha value is -1.79. The minimum Gasteiger partial charge on any atom is -0.395 e. The van der Waals surface area contributed by atoms with Crippen molar-refractivity contribution in [1.29, 1.82) is 0 Å². The molecule has 3 nitrogen and oxygen atoms in total. The van der Waals surface area contributed by atoms with Gasteiger partial charge in [0.05, 0.1) is 6.61 Å². The topological polar surface area (TPSA) is 49.3 Å². The van der Waals surface area contributed by atoms with Crippen LogP contribution in [0, 0.1) is 18.8 Å². The quantitative estimate of drug-likeness (QED) is 0.810. The maximum atomic E-state index is 12.2. The van der Waals surface area contributed by atoms with E-state index in [1.807, 2.05) is 32.0 Å². The van der Waals surface area contributed by atoms with Crippen molar-refractivity contribution in [2.24, 2.45) is 0 Å². The molecule has 1 aromatic carbocycles. The Balaban J connectivity index is 2.89. The van der Waals surface area contributed by atoms with E-state index in [9.17, 15) is 4.79 Å². The molecule has 1 unspecified atom stereocenters. The van der Waals surface area contributed by atoms with Crippen LogP contribution >= 0.6 is 0 Å². The molecule has 0 bridgehead atoms. The summed E-state index contributed by atoms with van der Waals surface area (Å²) in [5, 5.41) is 11.7. The van der Waals surface area contributed by atoms with Gasteiger partial charge in [0.2, 0.25) is 0 Å². The van der Waals surface area contributed by atoms with E-state index in [4.69, 9.17) is 5.11 Å². The van der Waals surface area contributed by atoms with Gasteiger partial charge in [0, 0.05) is 23.6 Å². The van der Waals surface area contributed by atoms with Gasteiger partial charge in [-0.2, -0.15) is 0 Å². The van der Waals surface area contributed by atoms with Crippen LogP contribution < -0.4 is 5.32 Å². The van der Waals surface area contributed by atoms with Crippen LogP contribution in [-0.2, 0) is 0 Å². The van der Waals surface area contributed by atoms with Gasteiger partial charge in [0.15, 0.2) is 0 Å². The summed E-state index contributed by atoms with van der Waals surface area (Å²) in [6.45, 7) is 6.08. The summed E-state index contributed by atoms with van der Waals surface area (Å²) >= 11 is 0. The zero-order valence-electron chi connectivity index (χ0n) is 12.5. The summed E-state index contributed by atoms with van der Waals surface area (Å²) in [7, 11) is 0. The number of carbonyl (C=O) groups excluding carboxylic acids is 1. The van der Waals surface area contributed by atoms with Gasteiger partial charge >= 0.3 is 0 Å². The van der Waals surface area contributed by atoms with Crippen LogP contribution in [0.15, 0.2) is 18.2 Å². The van der Waals surface area contributed by atoms with Gasteiger partial charge in [-0.25, -0.2) is 0 Å². The predicted molar refractivity (Wildman–Crippen MR) is 81.6 cm³/mol. The minimum atomic E-state index is -0.0470. The lowest BCUT2D eigenvalue weighted by Crippen LogP contribution is -2.32. The first-order valence-corrected chi connectivity index (χ1v) is 7.10. The van der Waals surface area contributed by atoms with Gasteiger partial charge in [-0.1, -0.05) is 31.3 Å². The molecule has 0 aromatic heterocycles. The van der Waals surface area contributed by atoms with Crippen molar-refractivity contribution in [2.45, 2.75) is 46.1 Å². The van der Waals surface area contributed by atoms with Crippen LogP contribution in [0.5, 0.6) is 0 Å². The second kappa shape index (κ2) is 8.39. The highest BCUT2D eigenvalue weighted by Gasteiger charge is 2.12. The highest BCUT2D eigenvalue weighted by atomic mass is 16.2. The monoisotopic (exact) mass is 273 g/mol. The molecule has 0 heterocycles. The minimum absolute atomic E-state index is 0.0470. The molecule has 20 heavy (non-hydrogen) atoms. The van der Waals surface area contributed by atoms with Crippen LogP contribution in [0.4, 0.5) is 0 Å². The van der Waals surface area contributed by atoms with E-state index in [1.165, 1.54) is 0 Å². The standard InChI is InChI=1S/C17H23NO2/c1-4-8-13(2)18-17(20)16-11-7-10-15(14(16)3)9-5-6-12-19/h7,10-11,13,19H,4,6,8,12H2,1-3H3,(H,18,20). The van der Waals surface area contributed by atoms with Crippen molar-refractivity contribution in [3.63, 3.8) is 0 Å². The van der Waals surface area contributed by atoms with Crippen LogP contribution in [0.2, 0.25) is 0 Å². The smallest absolute Gasteiger partial charge is 0.251 e. The van der Waals surface area contributed by atoms with Gasteiger partial charge in [-0.15, -0.1) is 0 Å². The highest BCUT2D eigenvalue weighted by Crippen LogP contribution is 2.13. The van der Waals surface area contributed by atoms with Crippen molar-refractivity contribution in [2.75, 3.05) is 6.61 Å². The number of hydrogen-bond donors (Lipinski definition) is 2. The fourth-order valence-corrected chi connectivity index (χ4v) is 2.04. The lowest BCUT2D eigenvalue weighted by molar-refractivity contribution is 0.0937.